The molecule has 2 aromatic heterocycles. The topological polar surface area (TPSA) is 80.5 Å². The number of rotatable bonds is 6. The molecule has 1 saturated heterocycles. The summed E-state index contributed by atoms with van der Waals surface area (Å²) in [6.07, 6.45) is 0.718. The van der Waals surface area contributed by atoms with Crippen molar-refractivity contribution in [3.05, 3.63) is 58.4 Å². The number of ether oxygens (including phenoxy) is 1. The first-order chi connectivity index (χ1) is 14.6. The highest BCUT2D eigenvalue weighted by Gasteiger charge is 2.25. The third-order valence-electron chi connectivity index (χ3n) is 5.68. The number of amides is 1. The molecule has 1 aliphatic rings. The molecule has 1 N–H and O–H groups in total. The predicted octanol–water partition coefficient (Wildman–Crippen LogP) is 3.21. The average molecular weight is 409 g/mol. The molecule has 0 unspecified atom stereocenters. The Hall–Kier alpha value is -2.77. The molecule has 3 heterocycles. The third-order valence-corrected chi connectivity index (χ3v) is 5.68. The molecule has 1 amide bonds. The van der Waals surface area contributed by atoms with Gasteiger partial charge in [-0.3, -0.25) is 9.69 Å². The van der Waals surface area contributed by atoms with Gasteiger partial charge < -0.3 is 14.6 Å². The summed E-state index contributed by atoms with van der Waals surface area (Å²) in [7, 11) is 0. The van der Waals surface area contributed by atoms with Crippen molar-refractivity contribution in [2.75, 3.05) is 32.8 Å². The lowest BCUT2D eigenvalue weighted by molar-refractivity contribution is 0.0162. The van der Waals surface area contributed by atoms with Crippen LogP contribution in [0.25, 0.3) is 11.1 Å². The van der Waals surface area contributed by atoms with Crippen molar-refractivity contribution in [2.45, 2.75) is 33.2 Å². The first kappa shape index (κ1) is 20.5. The number of aromatic nitrogens is 2. The van der Waals surface area contributed by atoms with Gasteiger partial charge in [0.2, 0.25) is 0 Å². The monoisotopic (exact) mass is 408 g/mol. The summed E-state index contributed by atoms with van der Waals surface area (Å²) in [6.45, 7) is 9.54. The van der Waals surface area contributed by atoms with Crippen LogP contribution >= 0.6 is 0 Å². The lowest BCUT2D eigenvalue weighted by Gasteiger charge is -2.35. The van der Waals surface area contributed by atoms with E-state index in [9.17, 15) is 4.79 Å². The maximum Gasteiger partial charge on any atom is 0.258 e. The van der Waals surface area contributed by atoms with Crippen LogP contribution in [0.2, 0.25) is 0 Å². The molecule has 7 heteroatoms. The van der Waals surface area contributed by atoms with Crippen LogP contribution in [0.15, 0.2) is 34.9 Å². The minimum Gasteiger partial charge on any atom is -0.379 e. The Morgan fingerprint density at radius 2 is 1.93 bits per heavy atom. The Morgan fingerprint density at radius 1 is 1.20 bits per heavy atom. The van der Waals surface area contributed by atoms with Crippen LogP contribution in [0.1, 0.15) is 45.8 Å². The predicted molar refractivity (Wildman–Crippen MR) is 115 cm³/mol. The maximum atomic E-state index is 13.2. The highest BCUT2D eigenvalue weighted by Crippen LogP contribution is 2.24. The van der Waals surface area contributed by atoms with Crippen LogP contribution < -0.4 is 5.32 Å². The standard InChI is InChI=1S/C23H28N4O3/c1-4-18-13-19(21-16(3)26-30-23(21)25-18)22(28)24-14-20(27-9-11-29-12-10-27)17-7-5-15(2)6-8-17/h5-8,13,20H,4,9-12,14H2,1-3H3,(H,24,28)/t20-/m1/s1. The van der Waals surface area contributed by atoms with E-state index in [1.54, 1.807) is 0 Å². The smallest absolute Gasteiger partial charge is 0.258 e. The highest BCUT2D eigenvalue weighted by atomic mass is 16.5. The van der Waals surface area contributed by atoms with Crippen LogP contribution in [-0.2, 0) is 11.2 Å². The van der Waals surface area contributed by atoms with Crippen LogP contribution in [-0.4, -0.2) is 53.8 Å². The van der Waals surface area contributed by atoms with Gasteiger partial charge >= 0.3 is 0 Å². The number of hydrogen-bond donors (Lipinski definition) is 1. The Balaban J connectivity index is 1.59. The first-order valence-electron chi connectivity index (χ1n) is 10.5. The number of nitrogens with one attached hydrogen (secondary N) is 1. The van der Waals surface area contributed by atoms with Crippen LogP contribution in [0.5, 0.6) is 0 Å². The minimum absolute atomic E-state index is 0.0880. The van der Waals surface area contributed by atoms with Crippen molar-refractivity contribution in [1.29, 1.82) is 0 Å². The molecule has 0 saturated carbocycles. The van der Waals surface area contributed by atoms with Crippen molar-refractivity contribution in [3.8, 4) is 0 Å². The van der Waals surface area contributed by atoms with E-state index < -0.39 is 0 Å². The van der Waals surface area contributed by atoms with E-state index in [-0.39, 0.29) is 11.9 Å². The van der Waals surface area contributed by atoms with Gasteiger partial charge in [-0.15, -0.1) is 0 Å². The summed E-state index contributed by atoms with van der Waals surface area (Å²) in [4.78, 5) is 20.0. The van der Waals surface area contributed by atoms with E-state index in [1.807, 2.05) is 19.9 Å². The fraction of sp³-hybridized carbons (Fsp3) is 0.435. The van der Waals surface area contributed by atoms with Crippen molar-refractivity contribution < 1.29 is 14.1 Å². The molecule has 1 aliphatic heterocycles. The first-order valence-corrected chi connectivity index (χ1v) is 10.5. The molecule has 7 nitrogen and oxygen atoms in total. The van der Waals surface area contributed by atoms with Crippen LogP contribution in [0, 0.1) is 13.8 Å². The molecule has 158 valence electrons. The Kier molecular flexibility index (Phi) is 6.11. The van der Waals surface area contributed by atoms with Gasteiger partial charge in [-0.1, -0.05) is 41.9 Å². The van der Waals surface area contributed by atoms with Gasteiger partial charge in [-0.25, -0.2) is 4.98 Å². The van der Waals surface area contributed by atoms with Crippen LogP contribution in [0.4, 0.5) is 0 Å². The second-order valence-electron chi connectivity index (χ2n) is 7.75. The summed E-state index contributed by atoms with van der Waals surface area (Å²) < 4.78 is 10.8. The largest absolute Gasteiger partial charge is 0.379 e. The molecule has 1 fully saturated rings. The van der Waals surface area contributed by atoms with Gasteiger partial charge in [0.15, 0.2) is 0 Å². The number of hydrogen-bond acceptors (Lipinski definition) is 6. The molecule has 3 aromatic rings. The van der Waals surface area contributed by atoms with Crippen molar-refractivity contribution >= 4 is 17.0 Å². The summed E-state index contributed by atoms with van der Waals surface area (Å²) in [5.74, 6) is -0.131. The molecule has 30 heavy (non-hydrogen) atoms. The zero-order valence-corrected chi connectivity index (χ0v) is 17.8. The molecule has 1 aromatic carbocycles. The van der Waals surface area contributed by atoms with E-state index in [4.69, 9.17) is 9.26 Å². The zero-order chi connectivity index (χ0) is 21.1. The van der Waals surface area contributed by atoms with Crippen molar-refractivity contribution in [1.82, 2.24) is 20.4 Å². The minimum atomic E-state index is -0.131. The third kappa shape index (κ3) is 4.22. The van der Waals surface area contributed by atoms with Gasteiger partial charge in [0.25, 0.3) is 11.6 Å². The SMILES string of the molecule is CCc1cc(C(=O)NC[C@H](c2ccc(C)cc2)N2CCOCC2)c2c(C)noc2n1. The summed E-state index contributed by atoms with van der Waals surface area (Å²) in [5, 5.41) is 7.83. The molecule has 0 spiro atoms. The second kappa shape index (κ2) is 8.93. The number of aryl methyl sites for hydroxylation is 3. The van der Waals surface area contributed by atoms with Gasteiger partial charge in [0, 0.05) is 25.3 Å². The number of fused-ring (bicyclic) bond motifs is 1. The van der Waals surface area contributed by atoms with E-state index >= 15 is 0 Å². The van der Waals surface area contributed by atoms with Gasteiger partial charge in [-0.05, 0) is 31.9 Å². The number of nitrogens with zero attached hydrogens (tertiary/aromatic N) is 3. The normalized spacial score (nSPS) is 16.0. The van der Waals surface area contributed by atoms with E-state index in [1.165, 1.54) is 11.1 Å². The molecule has 0 bridgehead atoms. The Labute approximate surface area is 176 Å². The van der Waals surface area contributed by atoms with Gasteiger partial charge in [-0.2, -0.15) is 0 Å². The molecule has 0 aliphatic carbocycles. The quantitative estimate of drug-likeness (QED) is 0.675. The lowest BCUT2D eigenvalue weighted by Crippen LogP contribution is -2.43. The second-order valence-corrected chi connectivity index (χ2v) is 7.75. The molecular formula is C23H28N4O3. The summed E-state index contributed by atoms with van der Waals surface area (Å²) in [5.41, 5.74) is 4.89. The molecule has 4 rings (SSSR count). The molecule has 0 radical (unpaired) electrons. The summed E-state index contributed by atoms with van der Waals surface area (Å²) >= 11 is 0. The Morgan fingerprint density at radius 3 is 2.63 bits per heavy atom. The lowest BCUT2D eigenvalue weighted by atomic mass is 10.0. The fourth-order valence-electron chi connectivity index (χ4n) is 3.93. The molecular weight excluding hydrogens is 380 g/mol. The Bertz CT molecular complexity index is 1020. The van der Waals surface area contributed by atoms with Gasteiger partial charge in [0.1, 0.15) is 0 Å². The van der Waals surface area contributed by atoms with Crippen molar-refractivity contribution in [2.24, 2.45) is 0 Å². The van der Waals surface area contributed by atoms with Crippen LogP contribution in [0.3, 0.4) is 0 Å². The number of carbonyl (C=O) groups is 1. The summed E-state index contributed by atoms with van der Waals surface area (Å²) in [6, 6.07) is 10.5. The van der Waals surface area contributed by atoms with Crippen molar-refractivity contribution in [3.63, 3.8) is 0 Å². The molecule has 1 atom stereocenters. The van der Waals surface area contributed by atoms with E-state index in [0.717, 1.165) is 25.2 Å². The zero-order valence-electron chi connectivity index (χ0n) is 17.8. The number of pyridine rings is 1. The maximum absolute atomic E-state index is 13.2. The average Bonchev–Trinajstić information content (AvgIpc) is 3.15. The highest BCUT2D eigenvalue weighted by molar-refractivity contribution is 6.06. The van der Waals surface area contributed by atoms with E-state index in [0.29, 0.717) is 42.1 Å². The number of morpholine rings is 1. The number of benzene rings is 1. The van der Waals surface area contributed by atoms with E-state index in [2.05, 4.69) is 51.5 Å². The van der Waals surface area contributed by atoms with Gasteiger partial charge in [0.05, 0.1) is 35.9 Å². The fourth-order valence-corrected chi connectivity index (χ4v) is 3.93. The number of carbonyl (C=O) groups excluding carboxylic acids is 1.